The molecule has 4 nitrogen and oxygen atoms in total. The molecule has 1 rings (SSSR count). The second-order valence-electron chi connectivity index (χ2n) is 3.54. The lowest BCUT2D eigenvalue weighted by Gasteiger charge is -2.14. The molecule has 7 heteroatoms. The van der Waals surface area contributed by atoms with Gasteiger partial charge in [-0.15, -0.1) is 0 Å². The number of thioether (sulfide) groups is 1. The fraction of sp³-hybridized carbons (Fsp3) is 0.400. The van der Waals surface area contributed by atoms with Gasteiger partial charge in [0.15, 0.2) is 0 Å². The lowest BCUT2D eigenvalue weighted by molar-refractivity contribution is -0.384. The Morgan fingerprint density at radius 3 is 2.82 bits per heavy atom. The quantitative estimate of drug-likeness (QED) is 0.664. The molecule has 0 aliphatic heterocycles. The first-order valence-corrected chi connectivity index (χ1v) is 7.03. The van der Waals surface area contributed by atoms with E-state index >= 15 is 0 Å². The average Bonchev–Trinajstić information content (AvgIpc) is 2.23. The number of anilines is 1. The van der Waals surface area contributed by atoms with Gasteiger partial charge in [-0.1, -0.05) is 0 Å². The maximum absolute atomic E-state index is 13.3. The van der Waals surface area contributed by atoms with Crippen molar-refractivity contribution in [1.29, 1.82) is 0 Å². The summed E-state index contributed by atoms with van der Waals surface area (Å²) in [7, 11) is 0. The van der Waals surface area contributed by atoms with Crippen molar-refractivity contribution < 1.29 is 9.31 Å². The lowest BCUT2D eigenvalue weighted by Crippen LogP contribution is -2.18. The minimum atomic E-state index is -0.529. The molecule has 0 bridgehead atoms. The molecular weight excluding hydrogens is 311 g/mol. The molecule has 1 atom stereocenters. The molecule has 94 valence electrons. The summed E-state index contributed by atoms with van der Waals surface area (Å²) >= 11 is 4.55. The second-order valence-corrected chi connectivity index (χ2v) is 5.31. The average molecular weight is 323 g/mol. The Balaban J connectivity index is 3.04. The highest BCUT2D eigenvalue weighted by molar-refractivity contribution is 9.10. The molecule has 0 saturated carbocycles. The molecule has 0 saturated heterocycles. The van der Waals surface area contributed by atoms with E-state index in [2.05, 4.69) is 21.2 Å². The zero-order valence-electron chi connectivity index (χ0n) is 9.37. The molecule has 0 fully saturated rings. The van der Waals surface area contributed by atoms with E-state index in [4.69, 9.17) is 0 Å². The maximum Gasteiger partial charge on any atom is 0.293 e. The third kappa shape index (κ3) is 3.85. The van der Waals surface area contributed by atoms with Gasteiger partial charge in [-0.05, 0) is 29.1 Å². The molecule has 0 radical (unpaired) electrons. The molecule has 0 aliphatic rings. The van der Waals surface area contributed by atoms with Crippen LogP contribution >= 0.6 is 27.7 Å². The molecule has 0 aliphatic carbocycles. The number of rotatable bonds is 5. The van der Waals surface area contributed by atoms with Crippen LogP contribution in [0.1, 0.15) is 6.92 Å². The van der Waals surface area contributed by atoms with Crippen molar-refractivity contribution in [1.82, 2.24) is 0 Å². The van der Waals surface area contributed by atoms with E-state index < -0.39 is 10.7 Å². The van der Waals surface area contributed by atoms with Crippen molar-refractivity contribution in [2.24, 2.45) is 0 Å². The molecule has 1 N–H and O–H groups in total. The van der Waals surface area contributed by atoms with Crippen LogP contribution in [0, 0.1) is 15.9 Å². The molecule has 0 amide bonds. The first kappa shape index (κ1) is 14.2. The van der Waals surface area contributed by atoms with Gasteiger partial charge in [-0.25, -0.2) is 4.39 Å². The van der Waals surface area contributed by atoms with Crippen LogP contribution in [0.25, 0.3) is 0 Å². The third-order valence-electron chi connectivity index (χ3n) is 2.05. The van der Waals surface area contributed by atoms with Crippen LogP contribution in [0.15, 0.2) is 16.6 Å². The Labute approximate surface area is 111 Å². The van der Waals surface area contributed by atoms with Crippen LogP contribution in [0.4, 0.5) is 15.8 Å². The Kier molecular flexibility index (Phi) is 5.20. The SMILES string of the molecule is CSCC(C)Nc1cc(F)c(Br)cc1[N+](=O)[O-]. The van der Waals surface area contributed by atoms with Crippen molar-refractivity contribution in [3.63, 3.8) is 0 Å². The predicted octanol–water partition coefficient (Wildman–Crippen LogP) is 3.66. The zero-order chi connectivity index (χ0) is 13.0. The molecule has 0 spiro atoms. The molecule has 1 unspecified atom stereocenters. The summed E-state index contributed by atoms with van der Waals surface area (Å²) in [6.07, 6.45) is 1.94. The molecular formula is C10H12BrFN2O2S. The van der Waals surface area contributed by atoms with E-state index in [-0.39, 0.29) is 21.9 Å². The number of halogens is 2. The number of hydrogen-bond acceptors (Lipinski definition) is 4. The number of hydrogen-bond donors (Lipinski definition) is 1. The topological polar surface area (TPSA) is 55.2 Å². The van der Waals surface area contributed by atoms with Crippen molar-refractivity contribution in [2.45, 2.75) is 13.0 Å². The Bertz CT molecular complexity index is 431. The maximum atomic E-state index is 13.3. The summed E-state index contributed by atoms with van der Waals surface area (Å²) in [6.45, 7) is 1.89. The van der Waals surface area contributed by atoms with Crippen molar-refractivity contribution >= 4 is 39.1 Å². The highest BCUT2D eigenvalue weighted by atomic mass is 79.9. The molecule has 1 aromatic rings. The van der Waals surface area contributed by atoms with Crippen molar-refractivity contribution in [3.05, 3.63) is 32.5 Å². The first-order chi connectivity index (χ1) is 7.95. The first-order valence-electron chi connectivity index (χ1n) is 4.84. The second kappa shape index (κ2) is 6.20. The van der Waals surface area contributed by atoms with Crippen molar-refractivity contribution in [3.8, 4) is 0 Å². The summed E-state index contributed by atoms with van der Waals surface area (Å²) in [5.41, 5.74) is 0.0727. The zero-order valence-corrected chi connectivity index (χ0v) is 11.8. The monoisotopic (exact) mass is 322 g/mol. The third-order valence-corrected chi connectivity index (χ3v) is 3.49. The smallest absolute Gasteiger partial charge is 0.293 e. The van der Waals surface area contributed by atoms with E-state index in [9.17, 15) is 14.5 Å². The largest absolute Gasteiger partial charge is 0.376 e. The molecule has 0 aromatic heterocycles. The number of nitro groups is 1. The minimum absolute atomic E-state index is 0.0317. The summed E-state index contributed by atoms with van der Waals surface area (Å²) in [5.74, 6) is 0.268. The van der Waals surface area contributed by atoms with Gasteiger partial charge < -0.3 is 5.32 Å². The van der Waals surface area contributed by atoms with Gasteiger partial charge in [0.2, 0.25) is 0 Å². The van der Waals surface area contributed by atoms with Crippen LogP contribution in [-0.2, 0) is 0 Å². The van der Waals surface area contributed by atoms with Crippen LogP contribution in [-0.4, -0.2) is 23.0 Å². The highest BCUT2D eigenvalue weighted by Gasteiger charge is 2.18. The van der Waals surface area contributed by atoms with E-state index in [0.29, 0.717) is 0 Å². The molecule has 1 aromatic carbocycles. The van der Waals surface area contributed by atoms with Gasteiger partial charge >= 0.3 is 0 Å². The number of nitrogens with zero attached hydrogens (tertiary/aromatic N) is 1. The van der Waals surface area contributed by atoms with Crippen LogP contribution < -0.4 is 5.32 Å². The number of benzene rings is 1. The van der Waals surface area contributed by atoms with Gasteiger partial charge in [0.25, 0.3) is 5.69 Å². The van der Waals surface area contributed by atoms with Crippen LogP contribution in [0.5, 0.6) is 0 Å². The normalized spacial score (nSPS) is 12.2. The van der Waals surface area contributed by atoms with Gasteiger partial charge in [0.05, 0.1) is 9.40 Å². The Hall–Kier alpha value is -0.820. The van der Waals surface area contributed by atoms with E-state index in [1.807, 2.05) is 13.2 Å². The van der Waals surface area contributed by atoms with E-state index in [1.165, 1.54) is 6.07 Å². The van der Waals surface area contributed by atoms with Crippen LogP contribution in [0.3, 0.4) is 0 Å². The standard InChI is InChI=1S/C10H12BrFN2O2S/c1-6(5-17-2)13-9-4-8(12)7(11)3-10(9)14(15)16/h3-4,6,13H,5H2,1-2H3. The van der Waals surface area contributed by atoms with Gasteiger partial charge in [0, 0.05) is 23.9 Å². The van der Waals surface area contributed by atoms with Gasteiger partial charge in [-0.3, -0.25) is 10.1 Å². The van der Waals surface area contributed by atoms with Gasteiger partial charge in [0.1, 0.15) is 11.5 Å². The Morgan fingerprint density at radius 1 is 1.65 bits per heavy atom. The number of nitrogens with one attached hydrogen (secondary N) is 1. The van der Waals surface area contributed by atoms with Crippen LogP contribution in [0.2, 0.25) is 0 Å². The molecule has 0 heterocycles. The van der Waals surface area contributed by atoms with Gasteiger partial charge in [-0.2, -0.15) is 11.8 Å². The predicted molar refractivity (Wildman–Crippen MR) is 72.2 cm³/mol. The summed E-state index contributed by atoms with van der Waals surface area (Å²) < 4.78 is 13.4. The highest BCUT2D eigenvalue weighted by Crippen LogP contribution is 2.31. The van der Waals surface area contributed by atoms with E-state index in [0.717, 1.165) is 11.8 Å². The van der Waals surface area contributed by atoms with E-state index in [1.54, 1.807) is 11.8 Å². The Morgan fingerprint density at radius 2 is 2.29 bits per heavy atom. The summed E-state index contributed by atoms with van der Waals surface area (Å²) in [4.78, 5) is 10.3. The fourth-order valence-electron chi connectivity index (χ4n) is 1.36. The van der Waals surface area contributed by atoms with Crippen molar-refractivity contribution in [2.75, 3.05) is 17.3 Å². The lowest BCUT2D eigenvalue weighted by atomic mass is 10.2. The summed E-state index contributed by atoms with van der Waals surface area (Å²) in [5, 5.41) is 13.8. The summed E-state index contributed by atoms with van der Waals surface area (Å²) in [6, 6.07) is 2.34. The minimum Gasteiger partial charge on any atom is -0.376 e. The fourth-order valence-corrected chi connectivity index (χ4v) is 2.27. The number of nitro benzene ring substituents is 1. The molecule has 17 heavy (non-hydrogen) atoms.